The zero-order valence-electron chi connectivity index (χ0n) is 18.5. The molecular weight excluding hydrogens is 438 g/mol. The molecule has 2 aliphatic rings. The van der Waals surface area contributed by atoms with Gasteiger partial charge in [0.05, 0.1) is 25.1 Å². The maximum Gasteiger partial charge on any atom is 0.295 e. The van der Waals surface area contributed by atoms with Gasteiger partial charge in [0.1, 0.15) is 11.5 Å². The fraction of sp³-hybridized carbons (Fsp3) is 0.240. The highest BCUT2D eigenvalue weighted by molar-refractivity contribution is 6.46. The van der Waals surface area contributed by atoms with E-state index in [1.807, 2.05) is 16.8 Å². The number of aromatic nitrogens is 2. The summed E-state index contributed by atoms with van der Waals surface area (Å²) in [7, 11) is 1.55. The summed E-state index contributed by atoms with van der Waals surface area (Å²) in [4.78, 5) is 31.8. The molecule has 1 saturated heterocycles. The number of ether oxygens (including phenoxy) is 3. The van der Waals surface area contributed by atoms with Crippen molar-refractivity contribution in [2.45, 2.75) is 19.0 Å². The Hall–Kier alpha value is -4.27. The van der Waals surface area contributed by atoms with Gasteiger partial charge in [-0.1, -0.05) is 12.1 Å². The Balaban J connectivity index is 1.55. The Morgan fingerprint density at radius 3 is 2.79 bits per heavy atom. The number of benzene rings is 2. The molecule has 0 bridgehead atoms. The summed E-state index contributed by atoms with van der Waals surface area (Å²) in [5.74, 6) is -0.0325. The number of methoxy groups -OCH3 is 1. The van der Waals surface area contributed by atoms with Crippen LogP contribution in [0.2, 0.25) is 0 Å². The Bertz CT molecular complexity index is 1270. The molecule has 9 nitrogen and oxygen atoms in total. The number of aryl methyl sites for hydroxylation is 1. The number of hydrogen-bond acceptors (Lipinski definition) is 7. The van der Waals surface area contributed by atoms with Gasteiger partial charge in [-0.25, -0.2) is 4.98 Å². The SMILES string of the molecule is COc1cccc(C2/C(=C(\O)c3ccc4c(c3)OCO4)C(=O)C(=O)N2CCCn2ccnc2)c1. The number of aliphatic hydroxyl groups excluding tert-OH is 1. The molecule has 9 heteroatoms. The van der Waals surface area contributed by atoms with E-state index in [4.69, 9.17) is 14.2 Å². The van der Waals surface area contributed by atoms with Gasteiger partial charge in [0.25, 0.3) is 11.7 Å². The van der Waals surface area contributed by atoms with Gasteiger partial charge < -0.3 is 28.8 Å². The van der Waals surface area contributed by atoms with Crippen LogP contribution in [0, 0.1) is 0 Å². The summed E-state index contributed by atoms with van der Waals surface area (Å²) < 4.78 is 18.0. The zero-order valence-corrected chi connectivity index (χ0v) is 18.5. The minimum Gasteiger partial charge on any atom is -0.507 e. The first-order valence-electron chi connectivity index (χ1n) is 10.8. The number of carbonyl (C=O) groups is 2. The number of ketones is 1. The molecular formula is C25H23N3O6. The number of Topliss-reactive ketones (excluding diaryl/α,β-unsaturated/α-hetero) is 1. The fourth-order valence-corrected chi connectivity index (χ4v) is 4.31. The van der Waals surface area contributed by atoms with Crippen LogP contribution in [0.3, 0.4) is 0 Å². The molecule has 0 aliphatic carbocycles. The molecule has 0 radical (unpaired) electrons. The molecule has 2 aliphatic heterocycles. The smallest absolute Gasteiger partial charge is 0.295 e. The summed E-state index contributed by atoms with van der Waals surface area (Å²) in [6.45, 7) is 1.04. The molecule has 3 aromatic rings. The van der Waals surface area contributed by atoms with Crippen molar-refractivity contribution >= 4 is 17.4 Å². The third-order valence-corrected chi connectivity index (χ3v) is 5.97. The molecule has 1 atom stereocenters. The molecule has 34 heavy (non-hydrogen) atoms. The zero-order chi connectivity index (χ0) is 23.7. The first-order chi connectivity index (χ1) is 16.6. The Labute approximate surface area is 195 Å². The maximum absolute atomic E-state index is 13.2. The minimum atomic E-state index is -0.761. The summed E-state index contributed by atoms with van der Waals surface area (Å²) in [5.41, 5.74) is 1.07. The molecule has 2 aromatic carbocycles. The molecule has 1 aromatic heterocycles. The van der Waals surface area contributed by atoms with Crippen molar-refractivity contribution in [2.75, 3.05) is 20.4 Å². The molecule has 1 amide bonds. The fourth-order valence-electron chi connectivity index (χ4n) is 4.31. The molecule has 0 saturated carbocycles. The largest absolute Gasteiger partial charge is 0.507 e. The van der Waals surface area contributed by atoms with Gasteiger partial charge in [-0.3, -0.25) is 9.59 Å². The average molecular weight is 461 g/mol. The normalized spacial score (nSPS) is 18.5. The van der Waals surface area contributed by atoms with Gasteiger partial charge >= 0.3 is 0 Å². The summed E-state index contributed by atoms with van der Waals surface area (Å²) in [6.07, 6.45) is 5.84. The van der Waals surface area contributed by atoms with E-state index in [0.29, 0.717) is 47.9 Å². The Morgan fingerprint density at radius 2 is 2.00 bits per heavy atom. The van der Waals surface area contributed by atoms with Crippen molar-refractivity contribution in [3.8, 4) is 17.2 Å². The lowest BCUT2D eigenvalue weighted by Gasteiger charge is -2.25. The average Bonchev–Trinajstić information content (AvgIpc) is 3.60. The van der Waals surface area contributed by atoms with Gasteiger partial charge in [-0.15, -0.1) is 0 Å². The van der Waals surface area contributed by atoms with Crippen LogP contribution < -0.4 is 14.2 Å². The van der Waals surface area contributed by atoms with Crippen LogP contribution in [0.1, 0.15) is 23.6 Å². The third kappa shape index (κ3) is 3.85. The molecule has 5 rings (SSSR count). The van der Waals surface area contributed by atoms with Gasteiger partial charge in [-0.05, 0) is 42.3 Å². The van der Waals surface area contributed by atoms with Crippen molar-refractivity contribution in [2.24, 2.45) is 0 Å². The van der Waals surface area contributed by atoms with Crippen molar-refractivity contribution in [3.05, 3.63) is 77.9 Å². The highest BCUT2D eigenvalue weighted by Crippen LogP contribution is 2.42. The first kappa shape index (κ1) is 21.6. The number of hydrogen-bond donors (Lipinski definition) is 1. The van der Waals surface area contributed by atoms with E-state index in [1.54, 1.807) is 56.0 Å². The molecule has 174 valence electrons. The molecule has 1 unspecified atom stereocenters. The van der Waals surface area contributed by atoms with Crippen LogP contribution in [0.5, 0.6) is 17.2 Å². The van der Waals surface area contributed by atoms with Crippen LogP contribution >= 0.6 is 0 Å². The number of carbonyl (C=O) groups excluding carboxylic acids is 2. The highest BCUT2D eigenvalue weighted by atomic mass is 16.7. The summed E-state index contributed by atoms with van der Waals surface area (Å²) in [5, 5.41) is 11.2. The van der Waals surface area contributed by atoms with Gasteiger partial charge in [0, 0.05) is 31.0 Å². The minimum absolute atomic E-state index is 0.0275. The predicted octanol–water partition coefficient (Wildman–Crippen LogP) is 3.13. The lowest BCUT2D eigenvalue weighted by molar-refractivity contribution is -0.139. The van der Waals surface area contributed by atoms with Gasteiger partial charge in [0.2, 0.25) is 6.79 Å². The van der Waals surface area contributed by atoms with Crippen LogP contribution in [0.15, 0.2) is 66.8 Å². The Morgan fingerprint density at radius 1 is 1.15 bits per heavy atom. The van der Waals surface area contributed by atoms with Crippen molar-refractivity contribution in [1.82, 2.24) is 14.5 Å². The monoisotopic (exact) mass is 461 g/mol. The predicted molar refractivity (Wildman–Crippen MR) is 121 cm³/mol. The number of imidazole rings is 1. The van der Waals surface area contributed by atoms with Gasteiger partial charge in [0.15, 0.2) is 11.5 Å². The topological polar surface area (TPSA) is 103 Å². The highest BCUT2D eigenvalue weighted by Gasteiger charge is 2.46. The van der Waals surface area contributed by atoms with Crippen molar-refractivity contribution in [3.63, 3.8) is 0 Å². The van der Waals surface area contributed by atoms with E-state index in [2.05, 4.69) is 4.98 Å². The number of fused-ring (bicyclic) bond motifs is 1. The van der Waals surface area contributed by atoms with E-state index in [1.165, 1.54) is 4.90 Å². The van der Waals surface area contributed by atoms with E-state index in [9.17, 15) is 14.7 Å². The second-order valence-electron chi connectivity index (χ2n) is 7.99. The number of rotatable bonds is 7. The first-order valence-corrected chi connectivity index (χ1v) is 10.8. The third-order valence-electron chi connectivity index (χ3n) is 5.97. The van der Waals surface area contributed by atoms with Crippen LogP contribution in [0.4, 0.5) is 0 Å². The number of amides is 1. The van der Waals surface area contributed by atoms with E-state index < -0.39 is 17.7 Å². The van der Waals surface area contributed by atoms with Gasteiger partial charge in [-0.2, -0.15) is 0 Å². The van der Waals surface area contributed by atoms with E-state index >= 15 is 0 Å². The standard InChI is InChI=1S/C25H23N3O6/c1-32-18-5-2-4-16(12-18)22-21(23(29)17-6-7-19-20(13-17)34-15-33-19)24(30)25(31)28(22)10-3-9-27-11-8-26-14-27/h2,4-8,11-14,22,29H,3,9-10,15H2,1H3/b23-21+. The van der Waals surface area contributed by atoms with Crippen molar-refractivity contribution < 1.29 is 28.9 Å². The van der Waals surface area contributed by atoms with E-state index in [0.717, 1.165) is 0 Å². The van der Waals surface area contributed by atoms with Crippen LogP contribution in [-0.2, 0) is 16.1 Å². The lowest BCUT2D eigenvalue weighted by atomic mass is 9.95. The number of likely N-dealkylation sites (tertiary alicyclic amines) is 1. The van der Waals surface area contributed by atoms with E-state index in [-0.39, 0.29) is 18.1 Å². The molecule has 0 spiro atoms. The number of nitrogens with zero attached hydrogens (tertiary/aromatic N) is 3. The summed E-state index contributed by atoms with van der Waals surface area (Å²) in [6, 6.07) is 11.3. The second-order valence-corrected chi connectivity index (χ2v) is 7.99. The molecule has 1 N–H and O–H groups in total. The van der Waals surface area contributed by atoms with Crippen molar-refractivity contribution in [1.29, 1.82) is 0 Å². The lowest BCUT2D eigenvalue weighted by Crippen LogP contribution is -2.31. The summed E-state index contributed by atoms with van der Waals surface area (Å²) >= 11 is 0. The quantitative estimate of drug-likeness (QED) is 0.328. The number of aliphatic hydroxyl groups is 1. The second kappa shape index (κ2) is 8.93. The van der Waals surface area contributed by atoms with Crippen LogP contribution in [-0.4, -0.2) is 51.7 Å². The van der Waals surface area contributed by atoms with Crippen LogP contribution in [0.25, 0.3) is 5.76 Å². The maximum atomic E-state index is 13.2. The Kier molecular flexibility index (Phi) is 5.67. The molecule has 3 heterocycles. The molecule has 1 fully saturated rings.